The predicted octanol–water partition coefficient (Wildman–Crippen LogP) is 1.74. The molecule has 0 amide bonds. The summed E-state index contributed by atoms with van der Waals surface area (Å²) >= 11 is 0. The molecule has 4 rings (SSSR count). The number of nitrogens with zero attached hydrogens (tertiary/aromatic N) is 5. The topological polar surface area (TPSA) is 71.3 Å². The van der Waals surface area contributed by atoms with Gasteiger partial charge in [0.2, 0.25) is 10.0 Å². The van der Waals surface area contributed by atoms with Crippen LogP contribution < -0.4 is 0 Å². The van der Waals surface area contributed by atoms with E-state index in [-0.39, 0.29) is 5.75 Å². The van der Waals surface area contributed by atoms with Gasteiger partial charge in [-0.05, 0) is 58.5 Å². The number of likely N-dealkylation sites (tertiary alicyclic amines) is 1. The van der Waals surface area contributed by atoms with E-state index in [0.29, 0.717) is 25.0 Å². The lowest BCUT2D eigenvalue weighted by molar-refractivity contribution is 0.302. The Bertz CT molecular complexity index is 699. The van der Waals surface area contributed by atoms with Crippen molar-refractivity contribution in [3.8, 4) is 0 Å². The van der Waals surface area contributed by atoms with Crippen LogP contribution in [0, 0.1) is 0 Å². The van der Waals surface area contributed by atoms with Gasteiger partial charge < -0.3 is 4.57 Å². The first kappa shape index (κ1) is 17.4. The molecule has 1 aromatic heterocycles. The monoisotopic (exact) mass is 367 g/mol. The number of hydrogen-bond donors (Lipinski definition) is 0. The van der Waals surface area contributed by atoms with Crippen LogP contribution in [-0.2, 0) is 16.6 Å². The fourth-order valence-electron chi connectivity index (χ4n) is 4.17. The molecule has 0 aromatic carbocycles. The minimum Gasteiger partial charge on any atom is -0.311 e. The summed E-state index contributed by atoms with van der Waals surface area (Å²) in [6.45, 7) is 6.18. The third-order valence-electron chi connectivity index (χ3n) is 5.85. The second-order valence-electron chi connectivity index (χ2n) is 7.63. The van der Waals surface area contributed by atoms with Crippen LogP contribution in [-0.4, -0.2) is 64.3 Å². The molecule has 3 aliphatic rings. The summed E-state index contributed by atoms with van der Waals surface area (Å²) in [5.41, 5.74) is 0. The molecule has 3 fully saturated rings. The Morgan fingerprint density at radius 2 is 1.68 bits per heavy atom. The summed E-state index contributed by atoms with van der Waals surface area (Å²) in [5.74, 6) is 2.74. The van der Waals surface area contributed by atoms with E-state index in [1.807, 2.05) is 0 Å². The van der Waals surface area contributed by atoms with Gasteiger partial charge in [0.25, 0.3) is 0 Å². The Morgan fingerprint density at radius 1 is 1.00 bits per heavy atom. The second-order valence-corrected chi connectivity index (χ2v) is 9.89. The zero-order valence-corrected chi connectivity index (χ0v) is 15.9. The van der Waals surface area contributed by atoms with Gasteiger partial charge in [-0.3, -0.25) is 4.90 Å². The van der Waals surface area contributed by atoms with Gasteiger partial charge in [-0.15, -0.1) is 10.2 Å². The fourth-order valence-corrected chi connectivity index (χ4v) is 5.30. The van der Waals surface area contributed by atoms with E-state index >= 15 is 0 Å². The van der Waals surface area contributed by atoms with Crippen LogP contribution in [0.5, 0.6) is 0 Å². The summed E-state index contributed by atoms with van der Waals surface area (Å²) in [7, 11) is -3.07. The second kappa shape index (κ2) is 6.96. The van der Waals surface area contributed by atoms with Crippen molar-refractivity contribution in [3.05, 3.63) is 11.6 Å². The van der Waals surface area contributed by atoms with Gasteiger partial charge in [-0.1, -0.05) is 0 Å². The molecule has 0 spiro atoms. The molecule has 0 N–H and O–H groups in total. The largest absolute Gasteiger partial charge is 0.311 e. The van der Waals surface area contributed by atoms with Crippen molar-refractivity contribution in [2.24, 2.45) is 0 Å². The zero-order chi connectivity index (χ0) is 17.4. The molecule has 0 radical (unpaired) electrons. The summed E-state index contributed by atoms with van der Waals surface area (Å²) in [6, 6.07) is 0.569. The van der Waals surface area contributed by atoms with Crippen LogP contribution in [0.4, 0.5) is 0 Å². The van der Waals surface area contributed by atoms with Crippen molar-refractivity contribution in [3.63, 3.8) is 0 Å². The highest BCUT2D eigenvalue weighted by Crippen LogP contribution is 2.40. The minimum absolute atomic E-state index is 0.190. The van der Waals surface area contributed by atoms with Crippen LogP contribution in [0.2, 0.25) is 0 Å². The SMILES string of the molecule is CCS(=O)(=O)N1CCC(c2nnc(CN3CCCC3)n2C2CC2)CC1. The summed E-state index contributed by atoms with van der Waals surface area (Å²) in [4.78, 5) is 2.48. The summed E-state index contributed by atoms with van der Waals surface area (Å²) in [6.07, 6.45) is 6.73. The summed E-state index contributed by atoms with van der Waals surface area (Å²) < 4.78 is 28.2. The first-order valence-corrected chi connectivity index (χ1v) is 11.3. The maximum absolute atomic E-state index is 12.1. The molecule has 2 aliphatic heterocycles. The molecule has 3 heterocycles. The molecule has 0 bridgehead atoms. The molecule has 1 aliphatic carbocycles. The van der Waals surface area contributed by atoms with Crippen molar-refractivity contribution < 1.29 is 8.42 Å². The molecule has 0 atom stereocenters. The lowest BCUT2D eigenvalue weighted by Gasteiger charge is -2.30. The standard InChI is InChI=1S/C17H29N5O2S/c1-2-25(23,24)21-11-7-14(8-12-21)17-19-18-16(22(17)15-5-6-15)13-20-9-3-4-10-20/h14-15H,2-13H2,1H3. The normalized spacial score (nSPS) is 24.2. The first-order valence-electron chi connectivity index (χ1n) is 9.72. The number of piperidine rings is 1. The van der Waals surface area contributed by atoms with E-state index in [0.717, 1.165) is 31.0 Å². The highest BCUT2D eigenvalue weighted by molar-refractivity contribution is 7.89. The van der Waals surface area contributed by atoms with Crippen LogP contribution in [0.25, 0.3) is 0 Å². The minimum atomic E-state index is -3.07. The van der Waals surface area contributed by atoms with Gasteiger partial charge in [0.1, 0.15) is 11.6 Å². The van der Waals surface area contributed by atoms with Crippen LogP contribution in [0.1, 0.15) is 69.1 Å². The van der Waals surface area contributed by atoms with Gasteiger partial charge in [0, 0.05) is 25.0 Å². The van der Waals surface area contributed by atoms with Crippen molar-refractivity contribution >= 4 is 10.0 Å². The van der Waals surface area contributed by atoms with Crippen LogP contribution in [0.3, 0.4) is 0 Å². The van der Waals surface area contributed by atoms with Gasteiger partial charge in [0.15, 0.2) is 0 Å². The molecule has 1 aromatic rings. The van der Waals surface area contributed by atoms with E-state index in [1.54, 1.807) is 11.2 Å². The van der Waals surface area contributed by atoms with E-state index in [1.165, 1.54) is 38.8 Å². The number of rotatable bonds is 6. The Labute approximate surface area is 150 Å². The van der Waals surface area contributed by atoms with E-state index in [4.69, 9.17) is 0 Å². The lowest BCUT2D eigenvalue weighted by Crippen LogP contribution is -2.39. The maximum atomic E-state index is 12.1. The number of sulfonamides is 1. The van der Waals surface area contributed by atoms with Gasteiger partial charge in [-0.25, -0.2) is 12.7 Å². The van der Waals surface area contributed by atoms with Crippen molar-refractivity contribution in [1.82, 2.24) is 24.0 Å². The fraction of sp³-hybridized carbons (Fsp3) is 0.882. The molecular formula is C17H29N5O2S. The molecule has 0 unspecified atom stereocenters. The average Bonchev–Trinajstić information content (AvgIpc) is 3.17. The van der Waals surface area contributed by atoms with E-state index in [2.05, 4.69) is 19.7 Å². The molecule has 8 heteroatoms. The van der Waals surface area contributed by atoms with E-state index in [9.17, 15) is 8.42 Å². The Morgan fingerprint density at radius 3 is 2.28 bits per heavy atom. The van der Waals surface area contributed by atoms with Gasteiger partial charge >= 0.3 is 0 Å². The average molecular weight is 368 g/mol. The third kappa shape index (κ3) is 3.61. The highest BCUT2D eigenvalue weighted by atomic mass is 32.2. The number of aromatic nitrogens is 3. The smallest absolute Gasteiger partial charge is 0.213 e. The molecule has 7 nitrogen and oxygen atoms in total. The Kier molecular flexibility index (Phi) is 4.85. The Balaban J connectivity index is 1.48. The van der Waals surface area contributed by atoms with E-state index < -0.39 is 10.0 Å². The molecular weight excluding hydrogens is 338 g/mol. The molecule has 25 heavy (non-hydrogen) atoms. The van der Waals surface area contributed by atoms with Gasteiger partial charge in [0.05, 0.1) is 12.3 Å². The third-order valence-corrected chi connectivity index (χ3v) is 7.73. The predicted molar refractivity (Wildman–Crippen MR) is 95.8 cm³/mol. The first-order chi connectivity index (χ1) is 12.1. The lowest BCUT2D eigenvalue weighted by atomic mass is 9.97. The van der Waals surface area contributed by atoms with Crippen molar-refractivity contribution in [2.75, 3.05) is 31.9 Å². The molecule has 1 saturated carbocycles. The highest BCUT2D eigenvalue weighted by Gasteiger charge is 2.35. The number of hydrogen-bond acceptors (Lipinski definition) is 5. The van der Waals surface area contributed by atoms with Crippen LogP contribution in [0.15, 0.2) is 0 Å². The summed E-state index contributed by atoms with van der Waals surface area (Å²) in [5, 5.41) is 9.11. The maximum Gasteiger partial charge on any atom is 0.213 e. The molecule has 2 saturated heterocycles. The molecule has 140 valence electrons. The Hall–Kier alpha value is -0.990. The zero-order valence-electron chi connectivity index (χ0n) is 15.1. The van der Waals surface area contributed by atoms with Crippen LogP contribution >= 0.6 is 0 Å². The van der Waals surface area contributed by atoms with Crippen molar-refractivity contribution in [1.29, 1.82) is 0 Å². The van der Waals surface area contributed by atoms with Gasteiger partial charge in [-0.2, -0.15) is 0 Å². The quantitative estimate of drug-likeness (QED) is 0.766. The van der Waals surface area contributed by atoms with Crippen molar-refractivity contribution in [2.45, 2.75) is 64.0 Å².